The molecule has 2 aromatic carbocycles. The molecule has 0 N–H and O–H groups in total. The number of urea groups is 1. The van der Waals surface area contributed by atoms with Crippen molar-refractivity contribution in [3.05, 3.63) is 59.7 Å². The minimum Gasteiger partial charge on any atom is -0.378 e. The fraction of sp³-hybridized carbons (Fsp3) is 0.348. The van der Waals surface area contributed by atoms with E-state index >= 15 is 0 Å². The molecule has 7 nitrogen and oxygen atoms in total. The zero-order chi connectivity index (χ0) is 22.0. The number of nitrogens with zero attached hydrogens (tertiary/aromatic N) is 4. The lowest BCUT2D eigenvalue weighted by atomic mass is 10.2. The molecular formula is C23H28N4O3. The van der Waals surface area contributed by atoms with E-state index in [-0.39, 0.29) is 18.4 Å². The molecule has 30 heavy (non-hydrogen) atoms. The van der Waals surface area contributed by atoms with Crippen LogP contribution in [0.1, 0.15) is 18.1 Å². The molecule has 1 aliphatic rings. The summed E-state index contributed by atoms with van der Waals surface area (Å²) < 4.78 is 0. The number of amides is 4. The van der Waals surface area contributed by atoms with Crippen molar-refractivity contribution in [3.63, 3.8) is 0 Å². The van der Waals surface area contributed by atoms with Crippen LogP contribution in [0.25, 0.3) is 0 Å². The van der Waals surface area contributed by atoms with E-state index in [0.29, 0.717) is 12.2 Å². The minimum atomic E-state index is -0.642. The van der Waals surface area contributed by atoms with Crippen molar-refractivity contribution in [1.82, 2.24) is 9.80 Å². The Morgan fingerprint density at radius 3 is 2.13 bits per heavy atom. The van der Waals surface area contributed by atoms with Gasteiger partial charge in [0.1, 0.15) is 12.6 Å². The van der Waals surface area contributed by atoms with Gasteiger partial charge in [0.25, 0.3) is 5.91 Å². The smallest absolute Gasteiger partial charge is 0.332 e. The Morgan fingerprint density at radius 2 is 1.57 bits per heavy atom. The first-order valence-corrected chi connectivity index (χ1v) is 9.90. The Kier molecular flexibility index (Phi) is 6.10. The number of hydrogen-bond donors (Lipinski definition) is 0. The summed E-state index contributed by atoms with van der Waals surface area (Å²) in [5.74, 6) is -0.649. The molecule has 3 rings (SSSR count). The summed E-state index contributed by atoms with van der Waals surface area (Å²) >= 11 is 0. The average Bonchev–Trinajstić information content (AvgIpc) is 2.92. The van der Waals surface area contributed by atoms with Crippen LogP contribution in [0.15, 0.2) is 48.5 Å². The SMILES string of the molecule is Cc1ccc(N2C(=O)N(CC(=O)N(C)Cc3ccc(N(C)C)cc3)C(=O)[C@@H]2C)cc1. The van der Waals surface area contributed by atoms with Crippen LogP contribution in [0, 0.1) is 6.92 Å². The van der Waals surface area contributed by atoms with Gasteiger partial charge in [0.2, 0.25) is 5.91 Å². The molecule has 0 saturated carbocycles. The molecule has 0 bridgehead atoms. The highest BCUT2D eigenvalue weighted by Crippen LogP contribution is 2.26. The van der Waals surface area contributed by atoms with Crippen molar-refractivity contribution in [3.8, 4) is 0 Å². The van der Waals surface area contributed by atoms with Gasteiger partial charge in [-0.25, -0.2) is 4.79 Å². The predicted octanol–water partition coefficient (Wildman–Crippen LogP) is 2.88. The third-order valence-corrected chi connectivity index (χ3v) is 5.35. The summed E-state index contributed by atoms with van der Waals surface area (Å²) in [6, 6.07) is 14.2. The van der Waals surface area contributed by atoms with E-state index in [4.69, 9.17) is 0 Å². The Hall–Kier alpha value is -3.35. The van der Waals surface area contributed by atoms with Crippen molar-refractivity contribution in [1.29, 1.82) is 0 Å². The first-order valence-electron chi connectivity index (χ1n) is 9.90. The van der Waals surface area contributed by atoms with Crippen LogP contribution in [0.2, 0.25) is 0 Å². The molecule has 1 aliphatic heterocycles. The van der Waals surface area contributed by atoms with Gasteiger partial charge in [-0.3, -0.25) is 19.4 Å². The molecule has 7 heteroatoms. The van der Waals surface area contributed by atoms with Crippen molar-refractivity contribution in [2.24, 2.45) is 0 Å². The van der Waals surface area contributed by atoms with Gasteiger partial charge in [0, 0.05) is 39.1 Å². The van der Waals surface area contributed by atoms with Crippen LogP contribution in [0.4, 0.5) is 16.2 Å². The predicted molar refractivity (Wildman–Crippen MR) is 117 cm³/mol. The van der Waals surface area contributed by atoms with Crippen LogP contribution in [-0.4, -0.2) is 61.4 Å². The summed E-state index contributed by atoms with van der Waals surface area (Å²) in [7, 11) is 5.61. The van der Waals surface area contributed by atoms with Crippen LogP contribution in [0.5, 0.6) is 0 Å². The van der Waals surface area contributed by atoms with Gasteiger partial charge in [-0.1, -0.05) is 29.8 Å². The van der Waals surface area contributed by atoms with E-state index in [0.717, 1.165) is 21.7 Å². The van der Waals surface area contributed by atoms with Crippen LogP contribution >= 0.6 is 0 Å². The third kappa shape index (κ3) is 4.30. The maximum Gasteiger partial charge on any atom is 0.332 e. The molecule has 1 saturated heterocycles. The van der Waals surface area contributed by atoms with E-state index in [2.05, 4.69) is 0 Å². The van der Waals surface area contributed by atoms with E-state index in [1.54, 1.807) is 14.0 Å². The lowest BCUT2D eigenvalue weighted by molar-refractivity contribution is -0.136. The van der Waals surface area contributed by atoms with Crippen molar-refractivity contribution in [2.75, 3.05) is 37.5 Å². The Morgan fingerprint density at radius 1 is 0.967 bits per heavy atom. The molecule has 0 aromatic heterocycles. The van der Waals surface area contributed by atoms with Crippen molar-refractivity contribution >= 4 is 29.2 Å². The lowest BCUT2D eigenvalue weighted by Gasteiger charge is -2.22. The summed E-state index contributed by atoms with van der Waals surface area (Å²) in [5.41, 5.74) is 3.77. The molecule has 2 aromatic rings. The zero-order valence-corrected chi connectivity index (χ0v) is 18.1. The maximum absolute atomic E-state index is 12.9. The van der Waals surface area contributed by atoms with Gasteiger partial charge in [-0.05, 0) is 43.7 Å². The van der Waals surface area contributed by atoms with Crippen LogP contribution < -0.4 is 9.80 Å². The molecule has 0 radical (unpaired) electrons. The number of aryl methyl sites for hydroxylation is 1. The van der Waals surface area contributed by atoms with Crippen LogP contribution in [0.3, 0.4) is 0 Å². The maximum atomic E-state index is 12.9. The number of imide groups is 1. The number of benzene rings is 2. The first kappa shape index (κ1) is 21.4. The number of carbonyl (C=O) groups is 3. The number of likely N-dealkylation sites (N-methyl/N-ethyl adjacent to an activating group) is 1. The molecule has 0 unspecified atom stereocenters. The molecule has 0 spiro atoms. The molecule has 4 amide bonds. The van der Waals surface area contributed by atoms with Gasteiger partial charge in [0.15, 0.2) is 0 Å². The number of rotatable bonds is 6. The number of hydrogen-bond acceptors (Lipinski definition) is 4. The second kappa shape index (κ2) is 8.57. The molecule has 0 aliphatic carbocycles. The van der Waals surface area contributed by atoms with Crippen LogP contribution in [-0.2, 0) is 16.1 Å². The third-order valence-electron chi connectivity index (χ3n) is 5.35. The monoisotopic (exact) mass is 408 g/mol. The standard InChI is InChI=1S/C23H28N4O3/c1-16-6-10-20(11-7-16)27-17(2)22(29)26(23(27)30)15-21(28)25(5)14-18-8-12-19(13-9-18)24(3)4/h6-13,17H,14-15H2,1-5H3/t17-/m0/s1. The molecule has 1 fully saturated rings. The first-order chi connectivity index (χ1) is 14.2. The van der Waals surface area contributed by atoms with Gasteiger partial charge in [-0.15, -0.1) is 0 Å². The average molecular weight is 409 g/mol. The topological polar surface area (TPSA) is 64.2 Å². The number of anilines is 2. The molecule has 158 valence electrons. The summed E-state index contributed by atoms with van der Waals surface area (Å²) in [6.45, 7) is 3.77. The van der Waals surface area contributed by atoms with E-state index < -0.39 is 12.1 Å². The second-order valence-corrected chi connectivity index (χ2v) is 7.90. The highest BCUT2D eigenvalue weighted by Gasteiger charge is 2.44. The molecule has 1 heterocycles. The normalized spacial score (nSPS) is 16.2. The van der Waals surface area contributed by atoms with Crippen molar-refractivity contribution < 1.29 is 14.4 Å². The highest BCUT2D eigenvalue weighted by molar-refractivity contribution is 6.15. The van der Waals surface area contributed by atoms with E-state index in [1.165, 1.54) is 9.80 Å². The van der Waals surface area contributed by atoms with E-state index in [1.807, 2.05) is 74.4 Å². The van der Waals surface area contributed by atoms with Gasteiger partial charge >= 0.3 is 6.03 Å². The summed E-state index contributed by atoms with van der Waals surface area (Å²) in [5, 5.41) is 0. The Bertz CT molecular complexity index is 938. The van der Waals surface area contributed by atoms with Crippen molar-refractivity contribution in [2.45, 2.75) is 26.4 Å². The quantitative estimate of drug-likeness (QED) is 0.690. The Balaban J connectivity index is 1.67. The highest BCUT2D eigenvalue weighted by atomic mass is 16.2. The van der Waals surface area contributed by atoms with Gasteiger partial charge < -0.3 is 9.80 Å². The fourth-order valence-corrected chi connectivity index (χ4v) is 3.43. The minimum absolute atomic E-state index is 0.267. The molecule has 1 atom stereocenters. The summed E-state index contributed by atoms with van der Waals surface area (Å²) in [4.78, 5) is 44.3. The zero-order valence-electron chi connectivity index (χ0n) is 18.1. The second-order valence-electron chi connectivity index (χ2n) is 7.90. The molecular weight excluding hydrogens is 380 g/mol. The Labute approximate surface area is 177 Å². The fourth-order valence-electron chi connectivity index (χ4n) is 3.43. The van der Waals surface area contributed by atoms with E-state index in [9.17, 15) is 14.4 Å². The van der Waals surface area contributed by atoms with Gasteiger partial charge in [-0.2, -0.15) is 0 Å². The largest absolute Gasteiger partial charge is 0.378 e. The van der Waals surface area contributed by atoms with Gasteiger partial charge in [0.05, 0.1) is 0 Å². The number of carbonyl (C=O) groups excluding carboxylic acids is 3. The summed E-state index contributed by atoms with van der Waals surface area (Å²) in [6.07, 6.45) is 0. The lowest BCUT2D eigenvalue weighted by Crippen LogP contribution is -2.42.